The van der Waals surface area contributed by atoms with Crippen LogP contribution in [0.4, 0.5) is 10.1 Å². The van der Waals surface area contributed by atoms with Gasteiger partial charge in [-0.25, -0.2) is 4.39 Å². The van der Waals surface area contributed by atoms with Gasteiger partial charge in [-0.1, -0.05) is 18.2 Å². The smallest absolute Gasteiger partial charge is 0.244 e. The Bertz CT molecular complexity index is 760. The summed E-state index contributed by atoms with van der Waals surface area (Å²) >= 11 is 0. The summed E-state index contributed by atoms with van der Waals surface area (Å²) in [5.74, 6) is -0.239. The number of carbonyl (C=O) groups excluding carboxylic acids is 2. The molecule has 6 heteroatoms. The molecule has 0 fully saturated rings. The lowest BCUT2D eigenvalue weighted by Crippen LogP contribution is -2.43. The Labute approximate surface area is 152 Å². The van der Waals surface area contributed by atoms with Gasteiger partial charge in [0.2, 0.25) is 11.8 Å². The highest BCUT2D eigenvalue weighted by Crippen LogP contribution is 2.19. The molecule has 5 nitrogen and oxygen atoms in total. The molecule has 2 amide bonds. The van der Waals surface area contributed by atoms with Crippen LogP contribution < -0.4 is 10.1 Å². The highest BCUT2D eigenvalue weighted by Gasteiger charge is 2.21. The second kappa shape index (κ2) is 8.99. The van der Waals surface area contributed by atoms with Gasteiger partial charge in [0.25, 0.3) is 0 Å². The van der Waals surface area contributed by atoms with Crippen LogP contribution in [0.15, 0.2) is 48.5 Å². The molecular formula is C20H23FN2O3. The second-order valence-corrected chi connectivity index (χ2v) is 6.16. The average molecular weight is 358 g/mol. The monoisotopic (exact) mass is 358 g/mol. The molecule has 0 saturated heterocycles. The zero-order chi connectivity index (χ0) is 19.1. The topological polar surface area (TPSA) is 58.6 Å². The fourth-order valence-corrected chi connectivity index (χ4v) is 2.56. The molecule has 0 saturated carbocycles. The summed E-state index contributed by atoms with van der Waals surface area (Å²) in [6.07, 6.45) is 0.145. The van der Waals surface area contributed by atoms with E-state index in [1.54, 1.807) is 13.2 Å². The molecule has 0 aliphatic carbocycles. The third-order valence-corrected chi connectivity index (χ3v) is 3.92. The minimum Gasteiger partial charge on any atom is -0.496 e. The number of benzene rings is 2. The number of carbonyl (C=O) groups is 2. The molecule has 0 aliphatic heterocycles. The highest BCUT2D eigenvalue weighted by molar-refractivity contribution is 5.94. The Kier molecular flexibility index (Phi) is 6.72. The third-order valence-electron chi connectivity index (χ3n) is 3.92. The zero-order valence-electron chi connectivity index (χ0n) is 15.2. The fourth-order valence-electron chi connectivity index (χ4n) is 2.56. The van der Waals surface area contributed by atoms with Gasteiger partial charge in [-0.15, -0.1) is 0 Å². The molecule has 0 spiro atoms. The largest absolute Gasteiger partial charge is 0.496 e. The van der Waals surface area contributed by atoms with E-state index < -0.39 is 0 Å². The normalized spacial score (nSPS) is 10.5. The summed E-state index contributed by atoms with van der Waals surface area (Å²) in [6, 6.07) is 12.6. The van der Waals surface area contributed by atoms with Crippen LogP contribution in [0.5, 0.6) is 5.75 Å². The van der Waals surface area contributed by atoms with Crippen LogP contribution >= 0.6 is 0 Å². The number of nitrogens with one attached hydrogen (secondary N) is 1. The van der Waals surface area contributed by atoms with Crippen molar-refractivity contribution in [2.24, 2.45) is 0 Å². The molecule has 0 radical (unpaired) electrons. The van der Waals surface area contributed by atoms with Crippen LogP contribution in [0.2, 0.25) is 0 Å². The quantitative estimate of drug-likeness (QED) is 0.827. The number of rotatable bonds is 7. The number of halogens is 1. The maximum Gasteiger partial charge on any atom is 0.244 e. The van der Waals surface area contributed by atoms with Crippen LogP contribution in [0.25, 0.3) is 0 Å². The summed E-state index contributed by atoms with van der Waals surface area (Å²) in [5.41, 5.74) is 1.25. The maximum absolute atomic E-state index is 12.9. The number of hydrogen-bond donors (Lipinski definition) is 1. The van der Waals surface area contributed by atoms with Gasteiger partial charge in [0.15, 0.2) is 0 Å². The van der Waals surface area contributed by atoms with E-state index in [-0.39, 0.29) is 36.6 Å². The minimum atomic E-state index is -0.376. The molecule has 0 aliphatic rings. The first kappa shape index (κ1) is 19.4. The van der Waals surface area contributed by atoms with Gasteiger partial charge in [0, 0.05) is 17.3 Å². The van der Waals surface area contributed by atoms with Crippen molar-refractivity contribution in [3.05, 3.63) is 59.9 Å². The molecule has 0 atom stereocenters. The molecule has 26 heavy (non-hydrogen) atoms. The Hall–Kier alpha value is -2.89. The van der Waals surface area contributed by atoms with Crippen LogP contribution in [0.1, 0.15) is 19.4 Å². The Morgan fingerprint density at radius 3 is 2.38 bits per heavy atom. The molecule has 1 N–H and O–H groups in total. The van der Waals surface area contributed by atoms with Crippen LogP contribution in [-0.4, -0.2) is 36.4 Å². The van der Waals surface area contributed by atoms with Crippen molar-refractivity contribution >= 4 is 17.5 Å². The first-order valence-corrected chi connectivity index (χ1v) is 8.37. The van der Waals surface area contributed by atoms with Crippen molar-refractivity contribution in [3.63, 3.8) is 0 Å². The van der Waals surface area contributed by atoms with Crippen molar-refractivity contribution in [1.29, 1.82) is 0 Å². The lowest BCUT2D eigenvalue weighted by molar-refractivity contribution is -0.135. The summed E-state index contributed by atoms with van der Waals surface area (Å²) in [7, 11) is 1.56. The molecule has 0 heterocycles. The minimum absolute atomic E-state index is 0.0803. The Balaban J connectivity index is 2.04. The molecular weight excluding hydrogens is 335 g/mol. The van der Waals surface area contributed by atoms with E-state index in [4.69, 9.17) is 4.74 Å². The lowest BCUT2D eigenvalue weighted by atomic mass is 10.1. The van der Waals surface area contributed by atoms with Crippen molar-refractivity contribution < 1.29 is 18.7 Å². The zero-order valence-corrected chi connectivity index (χ0v) is 15.2. The van der Waals surface area contributed by atoms with E-state index in [0.717, 1.165) is 5.56 Å². The van der Waals surface area contributed by atoms with E-state index in [0.29, 0.717) is 11.4 Å². The number of anilines is 1. The molecule has 2 rings (SSSR count). The van der Waals surface area contributed by atoms with Gasteiger partial charge in [-0.3, -0.25) is 9.59 Å². The van der Waals surface area contributed by atoms with E-state index >= 15 is 0 Å². The number of hydrogen-bond acceptors (Lipinski definition) is 3. The summed E-state index contributed by atoms with van der Waals surface area (Å²) < 4.78 is 18.2. The molecule has 0 bridgehead atoms. The van der Waals surface area contributed by atoms with E-state index in [9.17, 15) is 14.0 Å². The lowest BCUT2D eigenvalue weighted by Gasteiger charge is -2.26. The van der Waals surface area contributed by atoms with Crippen molar-refractivity contribution in [3.8, 4) is 5.75 Å². The van der Waals surface area contributed by atoms with Crippen LogP contribution in [0, 0.1) is 5.82 Å². The maximum atomic E-state index is 12.9. The summed E-state index contributed by atoms with van der Waals surface area (Å²) in [6.45, 7) is 3.62. The van der Waals surface area contributed by atoms with Gasteiger partial charge in [-0.2, -0.15) is 0 Å². The van der Waals surface area contributed by atoms with Crippen LogP contribution in [-0.2, 0) is 16.0 Å². The Morgan fingerprint density at radius 2 is 1.77 bits per heavy atom. The number of methoxy groups -OCH3 is 1. The van der Waals surface area contributed by atoms with Gasteiger partial charge in [-0.05, 0) is 44.2 Å². The van der Waals surface area contributed by atoms with Gasteiger partial charge in [0.05, 0.1) is 13.5 Å². The van der Waals surface area contributed by atoms with E-state index in [1.165, 1.54) is 29.2 Å². The van der Waals surface area contributed by atoms with Gasteiger partial charge in [0.1, 0.15) is 18.1 Å². The highest BCUT2D eigenvalue weighted by atomic mass is 19.1. The summed E-state index contributed by atoms with van der Waals surface area (Å²) in [4.78, 5) is 26.5. The third kappa shape index (κ3) is 5.31. The molecule has 2 aromatic rings. The first-order chi connectivity index (χ1) is 12.4. The van der Waals surface area contributed by atoms with Gasteiger partial charge >= 0.3 is 0 Å². The fraction of sp³-hybridized carbons (Fsp3) is 0.300. The first-order valence-electron chi connectivity index (χ1n) is 8.37. The average Bonchev–Trinajstić information content (AvgIpc) is 2.61. The molecule has 2 aromatic carbocycles. The molecule has 0 unspecified atom stereocenters. The number of ether oxygens (including phenoxy) is 1. The van der Waals surface area contributed by atoms with Crippen molar-refractivity contribution in [2.75, 3.05) is 19.0 Å². The van der Waals surface area contributed by atoms with Gasteiger partial charge < -0.3 is 15.0 Å². The molecule has 0 aromatic heterocycles. The predicted molar refractivity (Wildman–Crippen MR) is 98.6 cm³/mol. The van der Waals surface area contributed by atoms with Crippen molar-refractivity contribution in [1.82, 2.24) is 4.90 Å². The Morgan fingerprint density at radius 1 is 1.12 bits per heavy atom. The van der Waals surface area contributed by atoms with Crippen LogP contribution in [0.3, 0.4) is 0 Å². The number of amides is 2. The summed E-state index contributed by atoms with van der Waals surface area (Å²) in [5, 5.41) is 2.67. The molecule has 138 valence electrons. The van der Waals surface area contributed by atoms with E-state index in [1.807, 2.05) is 32.0 Å². The predicted octanol–water partition coefficient (Wildman–Crippen LogP) is 3.25. The number of para-hydroxylation sites is 1. The number of nitrogens with zero attached hydrogens (tertiary/aromatic N) is 1. The standard InChI is InChI=1S/C20H23FN2O3/c1-14(2)23(13-19(24)22-17-10-8-16(21)9-11-17)20(25)12-15-6-4-5-7-18(15)26-3/h4-11,14H,12-13H2,1-3H3,(H,22,24). The SMILES string of the molecule is COc1ccccc1CC(=O)N(CC(=O)Nc1ccc(F)cc1)C(C)C. The van der Waals surface area contributed by atoms with E-state index in [2.05, 4.69) is 5.32 Å². The second-order valence-electron chi connectivity index (χ2n) is 6.16. The van der Waals surface area contributed by atoms with Crippen molar-refractivity contribution in [2.45, 2.75) is 26.3 Å².